The van der Waals surface area contributed by atoms with E-state index >= 15 is 0 Å². The normalized spacial score (nSPS) is 12.3. The predicted octanol–water partition coefficient (Wildman–Crippen LogP) is 2.96. The summed E-state index contributed by atoms with van der Waals surface area (Å²) in [5, 5.41) is 9.78. The van der Waals surface area contributed by atoms with Crippen molar-refractivity contribution in [3.05, 3.63) is 53.6 Å². The van der Waals surface area contributed by atoms with Crippen molar-refractivity contribution in [3.63, 3.8) is 0 Å². The number of rotatable bonds is 0. The molecule has 0 bridgehead atoms. The second-order valence-electron chi connectivity index (χ2n) is 3.65. The second kappa shape index (κ2) is 2.61. The van der Waals surface area contributed by atoms with Crippen molar-refractivity contribution in [2.45, 2.75) is 6.42 Å². The molecule has 0 aliphatic heterocycles. The lowest BCUT2D eigenvalue weighted by molar-refractivity contribution is 0.477. The van der Waals surface area contributed by atoms with E-state index < -0.39 is 0 Å². The molecule has 2 aromatic rings. The fourth-order valence-corrected chi connectivity index (χ4v) is 2.17. The number of phenolic OH excluding ortho intramolecular Hbond substituents is 1. The molecule has 0 saturated carbocycles. The van der Waals surface area contributed by atoms with Crippen LogP contribution in [0.15, 0.2) is 42.5 Å². The van der Waals surface area contributed by atoms with Gasteiger partial charge in [-0.2, -0.15) is 0 Å². The zero-order valence-electron chi connectivity index (χ0n) is 7.70. The fourth-order valence-electron chi connectivity index (χ4n) is 2.17. The molecule has 1 heteroatoms. The van der Waals surface area contributed by atoms with Gasteiger partial charge in [0.25, 0.3) is 0 Å². The van der Waals surface area contributed by atoms with Gasteiger partial charge in [-0.3, -0.25) is 0 Å². The number of hydrogen-bond acceptors (Lipinski definition) is 1. The zero-order valence-corrected chi connectivity index (χ0v) is 7.70. The van der Waals surface area contributed by atoms with Gasteiger partial charge in [0.15, 0.2) is 0 Å². The van der Waals surface area contributed by atoms with Crippen molar-refractivity contribution >= 4 is 0 Å². The smallest absolute Gasteiger partial charge is 0.123 e. The Morgan fingerprint density at radius 1 is 0.857 bits per heavy atom. The van der Waals surface area contributed by atoms with Gasteiger partial charge in [-0.25, -0.2) is 0 Å². The first-order valence-corrected chi connectivity index (χ1v) is 4.75. The van der Waals surface area contributed by atoms with Crippen LogP contribution in [0.1, 0.15) is 11.1 Å². The van der Waals surface area contributed by atoms with Gasteiger partial charge in [-0.15, -0.1) is 0 Å². The molecule has 0 radical (unpaired) electrons. The van der Waals surface area contributed by atoms with Crippen LogP contribution < -0.4 is 0 Å². The van der Waals surface area contributed by atoms with Gasteiger partial charge in [0, 0.05) is 5.56 Å². The molecule has 0 aromatic heterocycles. The van der Waals surface area contributed by atoms with E-state index in [0.29, 0.717) is 5.75 Å². The summed E-state index contributed by atoms with van der Waals surface area (Å²) in [6.07, 6.45) is 0.944. The molecule has 0 heterocycles. The number of benzene rings is 2. The number of aromatic hydroxyl groups is 1. The van der Waals surface area contributed by atoms with Gasteiger partial charge < -0.3 is 5.11 Å². The van der Waals surface area contributed by atoms with E-state index in [1.165, 1.54) is 16.7 Å². The molecule has 68 valence electrons. The Balaban J connectivity index is 2.35. The van der Waals surface area contributed by atoms with Crippen LogP contribution in [0, 0.1) is 0 Å². The molecule has 1 aliphatic rings. The summed E-state index contributed by atoms with van der Waals surface area (Å²) in [6.45, 7) is 0. The Labute approximate surface area is 82.6 Å². The predicted molar refractivity (Wildman–Crippen MR) is 56.3 cm³/mol. The van der Waals surface area contributed by atoms with E-state index in [4.69, 9.17) is 0 Å². The number of hydrogen-bond donors (Lipinski definition) is 1. The van der Waals surface area contributed by atoms with Gasteiger partial charge in [0.05, 0.1) is 0 Å². The molecule has 0 fully saturated rings. The van der Waals surface area contributed by atoms with Crippen LogP contribution in [-0.2, 0) is 6.42 Å². The largest absolute Gasteiger partial charge is 0.507 e. The van der Waals surface area contributed by atoms with Crippen LogP contribution in [0.5, 0.6) is 5.75 Å². The minimum absolute atomic E-state index is 0.396. The molecule has 1 nitrogen and oxygen atoms in total. The van der Waals surface area contributed by atoms with E-state index in [1.807, 2.05) is 18.2 Å². The third-order valence-corrected chi connectivity index (χ3v) is 2.80. The van der Waals surface area contributed by atoms with Gasteiger partial charge in [-0.05, 0) is 29.2 Å². The van der Waals surface area contributed by atoms with Crippen molar-refractivity contribution in [2.75, 3.05) is 0 Å². The molecular weight excluding hydrogens is 172 g/mol. The van der Waals surface area contributed by atoms with Crippen molar-refractivity contribution in [1.82, 2.24) is 0 Å². The lowest BCUT2D eigenvalue weighted by Crippen LogP contribution is -1.78. The van der Waals surface area contributed by atoms with Gasteiger partial charge in [-0.1, -0.05) is 36.4 Å². The molecule has 0 spiro atoms. The highest BCUT2D eigenvalue weighted by Gasteiger charge is 2.19. The average molecular weight is 182 g/mol. The molecule has 2 aromatic carbocycles. The topological polar surface area (TPSA) is 20.2 Å². The summed E-state index contributed by atoms with van der Waals surface area (Å²) in [5.41, 5.74) is 4.74. The van der Waals surface area contributed by atoms with Crippen LogP contribution >= 0.6 is 0 Å². The molecule has 1 aliphatic carbocycles. The summed E-state index contributed by atoms with van der Waals surface area (Å²) in [6, 6.07) is 14.0. The Hall–Kier alpha value is -1.76. The molecule has 3 rings (SSSR count). The highest BCUT2D eigenvalue weighted by atomic mass is 16.3. The van der Waals surface area contributed by atoms with Crippen LogP contribution in [0.2, 0.25) is 0 Å². The fraction of sp³-hybridized carbons (Fsp3) is 0.0769. The molecule has 0 atom stereocenters. The highest BCUT2D eigenvalue weighted by Crippen LogP contribution is 2.41. The minimum atomic E-state index is 0.396. The Morgan fingerprint density at radius 3 is 2.57 bits per heavy atom. The first-order chi connectivity index (χ1) is 6.86. The first kappa shape index (κ1) is 7.63. The Kier molecular flexibility index (Phi) is 1.42. The third-order valence-electron chi connectivity index (χ3n) is 2.80. The molecule has 0 unspecified atom stereocenters. The van der Waals surface area contributed by atoms with E-state index in [-0.39, 0.29) is 0 Å². The molecule has 0 saturated heterocycles. The SMILES string of the molecule is Oc1cccc2c1-c1ccccc1C2. The molecular formula is C13H10O. The van der Waals surface area contributed by atoms with E-state index in [2.05, 4.69) is 18.2 Å². The monoisotopic (exact) mass is 182 g/mol. The summed E-state index contributed by atoms with van der Waals surface area (Å²) in [7, 11) is 0. The van der Waals surface area contributed by atoms with Crippen molar-refractivity contribution < 1.29 is 5.11 Å². The number of phenols is 1. The van der Waals surface area contributed by atoms with Gasteiger partial charge in [0.2, 0.25) is 0 Å². The first-order valence-electron chi connectivity index (χ1n) is 4.75. The van der Waals surface area contributed by atoms with Gasteiger partial charge in [0.1, 0.15) is 5.75 Å². The van der Waals surface area contributed by atoms with Crippen LogP contribution in [0.25, 0.3) is 11.1 Å². The van der Waals surface area contributed by atoms with Crippen molar-refractivity contribution in [3.8, 4) is 16.9 Å². The van der Waals surface area contributed by atoms with Crippen LogP contribution in [0.4, 0.5) is 0 Å². The maximum atomic E-state index is 9.78. The minimum Gasteiger partial charge on any atom is -0.507 e. The molecule has 14 heavy (non-hydrogen) atoms. The van der Waals surface area contributed by atoms with Crippen molar-refractivity contribution in [1.29, 1.82) is 0 Å². The average Bonchev–Trinajstić information content (AvgIpc) is 2.57. The standard InChI is InChI=1S/C13H10O/c14-12-7-3-5-10-8-9-4-1-2-6-11(9)13(10)12/h1-7,14H,8H2. The second-order valence-corrected chi connectivity index (χ2v) is 3.65. The van der Waals surface area contributed by atoms with Crippen LogP contribution in [0.3, 0.4) is 0 Å². The maximum Gasteiger partial charge on any atom is 0.123 e. The molecule has 0 amide bonds. The molecule has 1 N–H and O–H groups in total. The quantitative estimate of drug-likeness (QED) is 0.566. The maximum absolute atomic E-state index is 9.78. The van der Waals surface area contributed by atoms with E-state index in [1.54, 1.807) is 6.07 Å². The summed E-state index contributed by atoms with van der Waals surface area (Å²) in [5.74, 6) is 0.396. The third kappa shape index (κ3) is 0.896. The highest BCUT2D eigenvalue weighted by molar-refractivity contribution is 5.81. The number of fused-ring (bicyclic) bond motifs is 3. The Bertz CT molecular complexity index is 500. The Morgan fingerprint density at radius 2 is 1.64 bits per heavy atom. The lowest BCUT2D eigenvalue weighted by Gasteiger charge is -2.02. The van der Waals surface area contributed by atoms with Gasteiger partial charge >= 0.3 is 0 Å². The van der Waals surface area contributed by atoms with Crippen LogP contribution in [-0.4, -0.2) is 5.11 Å². The summed E-state index contributed by atoms with van der Waals surface area (Å²) < 4.78 is 0. The van der Waals surface area contributed by atoms with E-state index in [9.17, 15) is 5.11 Å². The van der Waals surface area contributed by atoms with Crippen molar-refractivity contribution in [2.24, 2.45) is 0 Å². The lowest BCUT2D eigenvalue weighted by atomic mass is 10.1. The summed E-state index contributed by atoms with van der Waals surface area (Å²) >= 11 is 0. The zero-order chi connectivity index (χ0) is 9.54. The van der Waals surface area contributed by atoms with E-state index in [0.717, 1.165) is 12.0 Å². The summed E-state index contributed by atoms with van der Waals surface area (Å²) in [4.78, 5) is 0.